The van der Waals surface area contributed by atoms with Gasteiger partial charge in [-0.25, -0.2) is 0 Å². The molecule has 0 spiro atoms. The van der Waals surface area contributed by atoms with Crippen molar-refractivity contribution in [3.05, 3.63) is 66.0 Å². The molecule has 0 aliphatic rings. The SMILES string of the molecule is CC(C)C[C@](O)(CCCc1ccccn1)c1ccccc1. The lowest BCUT2D eigenvalue weighted by Crippen LogP contribution is -2.28. The zero-order valence-electron chi connectivity index (χ0n) is 13.0. The molecule has 1 N–H and O–H groups in total. The number of hydrogen-bond donors (Lipinski definition) is 1. The maximum atomic E-state index is 11.1. The van der Waals surface area contributed by atoms with E-state index in [1.165, 1.54) is 0 Å². The second-order valence-corrected chi connectivity index (χ2v) is 6.17. The molecule has 112 valence electrons. The largest absolute Gasteiger partial charge is 0.385 e. The van der Waals surface area contributed by atoms with Gasteiger partial charge in [0.25, 0.3) is 0 Å². The van der Waals surface area contributed by atoms with Gasteiger partial charge in [0.2, 0.25) is 0 Å². The fourth-order valence-corrected chi connectivity index (χ4v) is 2.90. The van der Waals surface area contributed by atoms with Crippen LogP contribution in [0.5, 0.6) is 0 Å². The number of pyridine rings is 1. The summed E-state index contributed by atoms with van der Waals surface area (Å²) in [6.07, 6.45) is 5.24. The monoisotopic (exact) mass is 283 g/mol. The zero-order valence-corrected chi connectivity index (χ0v) is 13.0. The van der Waals surface area contributed by atoms with Crippen LogP contribution in [-0.4, -0.2) is 10.1 Å². The summed E-state index contributed by atoms with van der Waals surface area (Å²) in [4.78, 5) is 4.35. The number of aryl methyl sites for hydroxylation is 1. The van der Waals surface area contributed by atoms with Gasteiger partial charge in [0.05, 0.1) is 5.60 Å². The molecule has 0 unspecified atom stereocenters. The van der Waals surface area contributed by atoms with Crippen molar-refractivity contribution in [1.82, 2.24) is 4.98 Å². The Morgan fingerprint density at radius 1 is 1.05 bits per heavy atom. The van der Waals surface area contributed by atoms with Crippen molar-refractivity contribution in [2.45, 2.75) is 45.1 Å². The molecule has 2 nitrogen and oxygen atoms in total. The summed E-state index contributed by atoms with van der Waals surface area (Å²) in [5.41, 5.74) is 1.39. The summed E-state index contributed by atoms with van der Waals surface area (Å²) in [6.45, 7) is 4.32. The van der Waals surface area contributed by atoms with Crippen LogP contribution in [0.4, 0.5) is 0 Å². The molecule has 2 rings (SSSR count). The average Bonchev–Trinajstić information content (AvgIpc) is 2.48. The highest BCUT2D eigenvalue weighted by Crippen LogP contribution is 2.33. The van der Waals surface area contributed by atoms with Crippen molar-refractivity contribution in [2.75, 3.05) is 0 Å². The first-order valence-corrected chi connectivity index (χ1v) is 7.78. The molecule has 2 heteroatoms. The van der Waals surface area contributed by atoms with Crippen LogP contribution in [0.1, 0.15) is 44.4 Å². The van der Waals surface area contributed by atoms with E-state index in [4.69, 9.17) is 0 Å². The highest BCUT2D eigenvalue weighted by molar-refractivity contribution is 5.22. The van der Waals surface area contributed by atoms with Crippen LogP contribution in [0.25, 0.3) is 0 Å². The number of benzene rings is 1. The Morgan fingerprint density at radius 2 is 1.76 bits per heavy atom. The van der Waals surface area contributed by atoms with Crippen molar-refractivity contribution in [1.29, 1.82) is 0 Å². The fraction of sp³-hybridized carbons (Fsp3) is 0.421. The van der Waals surface area contributed by atoms with Crippen molar-refractivity contribution >= 4 is 0 Å². The van der Waals surface area contributed by atoms with Gasteiger partial charge in [-0.2, -0.15) is 0 Å². The first kappa shape index (κ1) is 15.7. The van der Waals surface area contributed by atoms with E-state index in [1.54, 1.807) is 0 Å². The highest BCUT2D eigenvalue weighted by Gasteiger charge is 2.29. The van der Waals surface area contributed by atoms with Gasteiger partial charge in [-0.05, 0) is 49.3 Å². The van der Waals surface area contributed by atoms with Gasteiger partial charge in [-0.1, -0.05) is 50.2 Å². The molecule has 0 aliphatic carbocycles. The van der Waals surface area contributed by atoms with Gasteiger partial charge in [-0.3, -0.25) is 4.98 Å². The lowest BCUT2D eigenvalue weighted by Gasteiger charge is -2.30. The van der Waals surface area contributed by atoms with E-state index < -0.39 is 5.60 Å². The molecule has 2 aromatic rings. The highest BCUT2D eigenvalue weighted by atomic mass is 16.3. The number of aliphatic hydroxyl groups is 1. The van der Waals surface area contributed by atoms with Gasteiger partial charge in [0, 0.05) is 11.9 Å². The molecule has 0 saturated carbocycles. The Bertz CT molecular complexity index is 524. The van der Waals surface area contributed by atoms with Crippen LogP contribution >= 0.6 is 0 Å². The van der Waals surface area contributed by atoms with E-state index in [0.29, 0.717) is 5.92 Å². The molecule has 1 heterocycles. The van der Waals surface area contributed by atoms with Gasteiger partial charge in [0.15, 0.2) is 0 Å². The van der Waals surface area contributed by atoms with Crippen molar-refractivity contribution < 1.29 is 5.11 Å². The molecule has 0 bridgehead atoms. The fourth-order valence-electron chi connectivity index (χ4n) is 2.90. The topological polar surface area (TPSA) is 33.1 Å². The summed E-state index contributed by atoms with van der Waals surface area (Å²) in [7, 11) is 0. The van der Waals surface area contributed by atoms with Crippen LogP contribution in [0.3, 0.4) is 0 Å². The number of nitrogens with zero attached hydrogens (tertiary/aromatic N) is 1. The average molecular weight is 283 g/mol. The predicted octanol–water partition coefficient (Wildman–Crippen LogP) is 4.34. The van der Waals surface area contributed by atoms with Crippen LogP contribution in [-0.2, 0) is 12.0 Å². The normalized spacial score (nSPS) is 14.1. The quantitative estimate of drug-likeness (QED) is 0.820. The van der Waals surface area contributed by atoms with E-state index >= 15 is 0 Å². The maximum Gasteiger partial charge on any atom is 0.0899 e. The molecular weight excluding hydrogens is 258 g/mol. The van der Waals surface area contributed by atoms with E-state index in [1.807, 2.05) is 54.7 Å². The van der Waals surface area contributed by atoms with E-state index in [9.17, 15) is 5.11 Å². The van der Waals surface area contributed by atoms with E-state index in [-0.39, 0.29) is 0 Å². The summed E-state index contributed by atoms with van der Waals surface area (Å²) in [5.74, 6) is 0.463. The minimum Gasteiger partial charge on any atom is -0.385 e. The first-order valence-electron chi connectivity index (χ1n) is 7.78. The number of hydrogen-bond acceptors (Lipinski definition) is 2. The third-order valence-corrected chi connectivity index (χ3v) is 3.81. The van der Waals surface area contributed by atoms with Crippen molar-refractivity contribution in [3.63, 3.8) is 0 Å². The minimum absolute atomic E-state index is 0.463. The van der Waals surface area contributed by atoms with Gasteiger partial charge in [-0.15, -0.1) is 0 Å². The summed E-state index contributed by atoms with van der Waals surface area (Å²) in [5, 5.41) is 11.1. The molecule has 0 aliphatic heterocycles. The summed E-state index contributed by atoms with van der Waals surface area (Å²) >= 11 is 0. The molecular formula is C19H25NO. The third-order valence-electron chi connectivity index (χ3n) is 3.81. The summed E-state index contributed by atoms with van der Waals surface area (Å²) in [6, 6.07) is 16.0. The molecule has 0 saturated heterocycles. The second-order valence-electron chi connectivity index (χ2n) is 6.17. The standard InChI is InChI=1S/C19H25NO/c1-16(2)15-19(21,17-9-4-3-5-10-17)13-8-12-18-11-6-7-14-20-18/h3-7,9-11,14,16,21H,8,12-13,15H2,1-2H3/t19-/m1/s1. The zero-order chi connectivity index (χ0) is 15.1. The molecule has 1 aromatic carbocycles. The lowest BCUT2D eigenvalue weighted by atomic mass is 9.81. The third kappa shape index (κ3) is 4.68. The van der Waals surface area contributed by atoms with Crippen LogP contribution in [0, 0.1) is 5.92 Å². The van der Waals surface area contributed by atoms with Gasteiger partial charge in [0.1, 0.15) is 0 Å². The Labute approximate surface area is 127 Å². The number of rotatable bonds is 7. The first-order chi connectivity index (χ1) is 10.1. The Morgan fingerprint density at radius 3 is 2.38 bits per heavy atom. The van der Waals surface area contributed by atoms with Crippen LogP contribution < -0.4 is 0 Å². The second kappa shape index (κ2) is 7.37. The van der Waals surface area contributed by atoms with Crippen LogP contribution in [0.15, 0.2) is 54.7 Å². The van der Waals surface area contributed by atoms with E-state index in [2.05, 4.69) is 18.8 Å². The Balaban J connectivity index is 2.03. The molecule has 0 radical (unpaired) electrons. The number of aromatic nitrogens is 1. The molecule has 0 amide bonds. The minimum atomic E-state index is -0.732. The summed E-state index contributed by atoms with van der Waals surface area (Å²) < 4.78 is 0. The molecule has 0 fully saturated rings. The molecule has 1 aromatic heterocycles. The van der Waals surface area contributed by atoms with Gasteiger partial charge < -0.3 is 5.11 Å². The lowest BCUT2D eigenvalue weighted by molar-refractivity contribution is 0.00482. The van der Waals surface area contributed by atoms with Crippen molar-refractivity contribution in [2.24, 2.45) is 5.92 Å². The van der Waals surface area contributed by atoms with E-state index in [0.717, 1.165) is 36.9 Å². The Hall–Kier alpha value is -1.67. The predicted molar refractivity (Wildman–Crippen MR) is 87.0 cm³/mol. The smallest absolute Gasteiger partial charge is 0.0899 e. The van der Waals surface area contributed by atoms with Crippen molar-refractivity contribution in [3.8, 4) is 0 Å². The molecule has 21 heavy (non-hydrogen) atoms. The molecule has 1 atom stereocenters. The van der Waals surface area contributed by atoms with Crippen LogP contribution in [0.2, 0.25) is 0 Å². The van der Waals surface area contributed by atoms with Gasteiger partial charge >= 0.3 is 0 Å². The maximum absolute atomic E-state index is 11.1. The Kier molecular flexibility index (Phi) is 5.51.